The Morgan fingerprint density at radius 3 is 2.70 bits per heavy atom. The molecule has 0 heterocycles. The summed E-state index contributed by atoms with van der Waals surface area (Å²) in [6.07, 6.45) is 0.802. The number of halogens is 2. The van der Waals surface area contributed by atoms with Gasteiger partial charge in [-0.1, -0.05) is 39.7 Å². The molecule has 0 aliphatic rings. The standard InChI is InChI=1S/C16H17BrClNO/c1-20-16-6-5-15(18)9-12(16)7-13(10-19)11-3-2-4-14(17)8-11/h2-6,8-9,13H,7,10,19H2,1H3. The van der Waals surface area contributed by atoms with E-state index in [0.29, 0.717) is 11.6 Å². The van der Waals surface area contributed by atoms with Crippen LogP contribution in [-0.2, 0) is 6.42 Å². The molecule has 0 saturated carbocycles. The molecule has 0 radical (unpaired) electrons. The van der Waals surface area contributed by atoms with Crippen molar-refractivity contribution in [2.24, 2.45) is 5.73 Å². The topological polar surface area (TPSA) is 35.2 Å². The number of rotatable bonds is 5. The normalized spacial score (nSPS) is 12.2. The van der Waals surface area contributed by atoms with Crippen molar-refractivity contribution in [1.82, 2.24) is 0 Å². The SMILES string of the molecule is COc1ccc(Cl)cc1CC(CN)c1cccc(Br)c1. The minimum atomic E-state index is 0.236. The lowest BCUT2D eigenvalue weighted by Gasteiger charge is -2.17. The fourth-order valence-corrected chi connectivity index (χ4v) is 2.88. The third-order valence-corrected chi connectivity index (χ3v) is 4.04. The van der Waals surface area contributed by atoms with Crippen LogP contribution in [0.4, 0.5) is 0 Å². The third-order valence-electron chi connectivity index (χ3n) is 3.31. The molecule has 0 aromatic heterocycles. The van der Waals surface area contributed by atoms with Gasteiger partial charge in [0.2, 0.25) is 0 Å². The average Bonchev–Trinajstić information content (AvgIpc) is 2.45. The monoisotopic (exact) mass is 353 g/mol. The van der Waals surface area contributed by atoms with Gasteiger partial charge in [0.15, 0.2) is 0 Å². The van der Waals surface area contributed by atoms with Crippen LogP contribution < -0.4 is 10.5 Å². The number of nitrogens with two attached hydrogens (primary N) is 1. The van der Waals surface area contributed by atoms with Crippen molar-refractivity contribution in [3.8, 4) is 5.75 Å². The first kappa shape index (κ1) is 15.4. The zero-order chi connectivity index (χ0) is 14.5. The summed E-state index contributed by atoms with van der Waals surface area (Å²) < 4.78 is 6.46. The Labute approximate surface area is 133 Å². The lowest BCUT2D eigenvalue weighted by molar-refractivity contribution is 0.408. The molecule has 106 valence electrons. The predicted octanol–water partition coefficient (Wildman–Crippen LogP) is 4.40. The highest BCUT2D eigenvalue weighted by atomic mass is 79.9. The zero-order valence-corrected chi connectivity index (χ0v) is 13.6. The van der Waals surface area contributed by atoms with E-state index in [1.165, 1.54) is 5.56 Å². The molecule has 0 spiro atoms. The molecule has 2 nitrogen and oxygen atoms in total. The van der Waals surface area contributed by atoms with Crippen molar-refractivity contribution in [1.29, 1.82) is 0 Å². The molecule has 1 unspecified atom stereocenters. The Morgan fingerprint density at radius 2 is 2.05 bits per heavy atom. The number of methoxy groups -OCH3 is 1. The Morgan fingerprint density at radius 1 is 1.25 bits per heavy atom. The van der Waals surface area contributed by atoms with E-state index in [-0.39, 0.29) is 5.92 Å². The van der Waals surface area contributed by atoms with Gasteiger partial charge in [-0.2, -0.15) is 0 Å². The number of ether oxygens (including phenoxy) is 1. The Bertz CT molecular complexity index is 588. The first-order chi connectivity index (χ1) is 9.63. The van der Waals surface area contributed by atoms with E-state index >= 15 is 0 Å². The molecule has 2 aromatic carbocycles. The molecule has 1 atom stereocenters. The van der Waals surface area contributed by atoms with E-state index in [1.807, 2.05) is 30.3 Å². The smallest absolute Gasteiger partial charge is 0.122 e. The van der Waals surface area contributed by atoms with Gasteiger partial charge in [0.05, 0.1) is 7.11 Å². The summed E-state index contributed by atoms with van der Waals surface area (Å²) in [5.41, 5.74) is 8.23. The molecule has 2 N–H and O–H groups in total. The Kier molecular flexibility index (Phi) is 5.46. The summed E-state index contributed by atoms with van der Waals surface area (Å²) in [4.78, 5) is 0. The van der Waals surface area contributed by atoms with Gasteiger partial charge < -0.3 is 10.5 Å². The average molecular weight is 355 g/mol. The van der Waals surface area contributed by atoms with E-state index in [9.17, 15) is 0 Å². The highest BCUT2D eigenvalue weighted by Crippen LogP contribution is 2.29. The third kappa shape index (κ3) is 3.75. The van der Waals surface area contributed by atoms with Gasteiger partial charge in [0.25, 0.3) is 0 Å². The van der Waals surface area contributed by atoms with Crippen LogP contribution in [0.2, 0.25) is 5.02 Å². The summed E-state index contributed by atoms with van der Waals surface area (Å²) in [6, 6.07) is 13.9. The van der Waals surface area contributed by atoms with Crippen LogP contribution >= 0.6 is 27.5 Å². The van der Waals surface area contributed by atoms with Gasteiger partial charge in [-0.25, -0.2) is 0 Å². The quantitative estimate of drug-likeness (QED) is 0.864. The maximum atomic E-state index is 6.08. The Hall–Kier alpha value is -1.03. The molecule has 0 bridgehead atoms. The molecule has 0 saturated heterocycles. The van der Waals surface area contributed by atoms with Gasteiger partial charge >= 0.3 is 0 Å². The van der Waals surface area contributed by atoms with Crippen molar-refractivity contribution >= 4 is 27.5 Å². The van der Waals surface area contributed by atoms with Crippen LogP contribution in [0, 0.1) is 0 Å². The molecular formula is C16H17BrClNO. The maximum Gasteiger partial charge on any atom is 0.122 e. The molecule has 0 aliphatic heterocycles. The fourth-order valence-electron chi connectivity index (χ4n) is 2.27. The maximum absolute atomic E-state index is 6.08. The van der Waals surface area contributed by atoms with E-state index in [2.05, 4.69) is 28.1 Å². The lowest BCUT2D eigenvalue weighted by atomic mass is 9.92. The number of benzene rings is 2. The second kappa shape index (κ2) is 7.11. The molecular weight excluding hydrogens is 338 g/mol. The second-order valence-corrected chi connectivity index (χ2v) is 6.00. The molecule has 0 aliphatic carbocycles. The molecule has 4 heteroatoms. The van der Waals surface area contributed by atoms with Crippen LogP contribution in [-0.4, -0.2) is 13.7 Å². The molecule has 0 fully saturated rings. The van der Waals surface area contributed by atoms with E-state index < -0.39 is 0 Å². The minimum Gasteiger partial charge on any atom is -0.496 e. The lowest BCUT2D eigenvalue weighted by Crippen LogP contribution is -2.15. The van der Waals surface area contributed by atoms with Gasteiger partial charge in [-0.15, -0.1) is 0 Å². The predicted molar refractivity (Wildman–Crippen MR) is 87.6 cm³/mol. The minimum absolute atomic E-state index is 0.236. The van der Waals surface area contributed by atoms with Crippen LogP contribution in [0.1, 0.15) is 17.0 Å². The number of hydrogen-bond donors (Lipinski definition) is 1. The van der Waals surface area contributed by atoms with Gasteiger partial charge in [0, 0.05) is 15.4 Å². The van der Waals surface area contributed by atoms with Crippen molar-refractivity contribution in [2.75, 3.05) is 13.7 Å². The summed E-state index contributed by atoms with van der Waals surface area (Å²) in [6.45, 7) is 0.576. The Balaban J connectivity index is 2.28. The fraction of sp³-hybridized carbons (Fsp3) is 0.250. The van der Waals surface area contributed by atoms with Crippen LogP contribution in [0.5, 0.6) is 5.75 Å². The van der Waals surface area contributed by atoms with Crippen molar-refractivity contribution < 1.29 is 4.74 Å². The van der Waals surface area contributed by atoms with Crippen molar-refractivity contribution in [2.45, 2.75) is 12.3 Å². The van der Waals surface area contributed by atoms with Crippen LogP contribution in [0.3, 0.4) is 0 Å². The summed E-state index contributed by atoms with van der Waals surface area (Å²) >= 11 is 9.58. The van der Waals surface area contributed by atoms with Crippen molar-refractivity contribution in [3.63, 3.8) is 0 Å². The van der Waals surface area contributed by atoms with Crippen LogP contribution in [0.15, 0.2) is 46.9 Å². The summed E-state index contributed by atoms with van der Waals surface area (Å²) in [5, 5.41) is 0.714. The first-order valence-electron chi connectivity index (χ1n) is 6.42. The van der Waals surface area contributed by atoms with E-state index in [1.54, 1.807) is 7.11 Å². The molecule has 2 rings (SSSR count). The molecule has 2 aromatic rings. The number of hydrogen-bond acceptors (Lipinski definition) is 2. The van der Waals surface area contributed by atoms with Gasteiger partial charge in [-0.05, 0) is 54.4 Å². The van der Waals surface area contributed by atoms with E-state index in [4.69, 9.17) is 22.1 Å². The highest BCUT2D eigenvalue weighted by Gasteiger charge is 2.14. The van der Waals surface area contributed by atoms with Crippen LogP contribution in [0.25, 0.3) is 0 Å². The largest absolute Gasteiger partial charge is 0.496 e. The second-order valence-electron chi connectivity index (χ2n) is 4.65. The van der Waals surface area contributed by atoms with E-state index in [0.717, 1.165) is 22.2 Å². The summed E-state index contributed by atoms with van der Waals surface area (Å²) in [5.74, 6) is 1.09. The van der Waals surface area contributed by atoms with Crippen molar-refractivity contribution in [3.05, 3.63) is 63.1 Å². The highest BCUT2D eigenvalue weighted by molar-refractivity contribution is 9.10. The van der Waals surface area contributed by atoms with Gasteiger partial charge in [0.1, 0.15) is 5.75 Å². The summed E-state index contributed by atoms with van der Waals surface area (Å²) in [7, 11) is 1.67. The van der Waals surface area contributed by atoms with Gasteiger partial charge in [-0.3, -0.25) is 0 Å². The molecule has 20 heavy (non-hydrogen) atoms. The zero-order valence-electron chi connectivity index (χ0n) is 11.3. The first-order valence-corrected chi connectivity index (χ1v) is 7.59. The molecule has 0 amide bonds.